The molecule has 0 unspecified atom stereocenters. The van der Waals surface area contributed by atoms with E-state index in [-0.39, 0.29) is 80.0 Å². The SMILES string of the molecule is COC(=O)CCCCCCCCO[C@H]1O[C@H](COC(=O)c2ccccc2)[C@@H](O[C@@H]2O[C@H](COCc3ccccc3)[C@H](O[C@H]3O[C@H](COCc4ccccc4)[C@H](OCc4ccccc4)[C@H](OCc4ccccc4)[C@H]3OCc3ccccc3)[C@H](OC(=O)c3ccccc3)[C@H]2OC(=O)c2ccccc2)[C@H](OC(=O)c2ccccc2)[C@H]1OC(=O)c1ccccc1. The summed E-state index contributed by atoms with van der Waals surface area (Å²) in [4.78, 5) is 87.9. The molecule has 121 heavy (non-hydrogen) atoms. The molecule has 15 atom stereocenters. The number of esters is 6. The van der Waals surface area contributed by atoms with Gasteiger partial charge in [-0.2, -0.15) is 0 Å². The third kappa shape index (κ3) is 25.8. The van der Waals surface area contributed by atoms with Gasteiger partial charge in [0, 0.05) is 13.0 Å². The van der Waals surface area contributed by atoms with Gasteiger partial charge < -0.3 is 80.5 Å². The van der Waals surface area contributed by atoms with Crippen molar-refractivity contribution in [2.45, 2.75) is 170 Å². The molecule has 0 bridgehead atoms. The zero-order chi connectivity index (χ0) is 83.6. The topological polar surface area (TPSA) is 259 Å². The molecule has 3 aliphatic rings. The average Bonchev–Trinajstić information content (AvgIpc) is 0.756. The van der Waals surface area contributed by atoms with Crippen LogP contribution in [-0.2, 0) is 118 Å². The first-order valence-corrected chi connectivity index (χ1v) is 40.9. The third-order valence-electron chi connectivity index (χ3n) is 20.7. The van der Waals surface area contributed by atoms with E-state index in [1.807, 2.05) is 152 Å². The monoisotopic (exact) mass is 1640 g/mol. The number of methoxy groups -OCH3 is 1. The summed E-state index contributed by atoms with van der Waals surface area (Å²) in [6, 6.07) is 88.4. The molecule has 3 fully saturated rings. The Morgan fingerprint density at radius 1 is 0.264 bits per heavy atom. The standard InChI is InChI=1S/C98H100O23/c1-105-81(99)58-36-4-2-3-5-37-59-108-96-89(118-94(103)76-54-32-14-33-55-76)86(116-92(101)74-50-28-12-29-51-74)84(80(113-96)67-112-91(100)73-48-26-11-27-49-73)121-98-90(119-95(104)77-56-34-15-35-57-77)87(117-93(102)75-52-30-13-31-53-75)83(79(115-98)66-107-61-69-40-18-7-19-41-69)120-97-88(111-64-72-46-24-10-25-47-72)85(110-63-71-44-22-9-23-45-71)82(109-62-70-42-20-8-21-43-70)78(114-97)65-106-60-68-38-16-6-17-39-68/h6-35,38-57,78-80,82-90,96-98H,2-5,36-37,58-67H2,1H3/t78-,79-,80-,82+,83+,84-,85+,86+,87+,88-,89-,90-,96+,97-,98+/m1/s1. The summed E-state index contributed by atoms with van der Waals surface area (Å²) in [7, 11) is 1.36. The molecule has 0 aromatic heterocycles. The van der Waals surface area contributed by atoms with Crippen molar-refractivity contribution < 1.29 is 109 Å². The number of ether oxygens (including phenoxy) is 17. The maximum Gasteiger partial charge on any atom is 0.338 e. The second-order valence-electron chi connectivity index (χ2n) is 29.3. The van der Waals surface area contributed by atoms with Crippen LogP contribution in [0.2, 0.25) is 0 Å². The smallest absolute Gasteiger partial charge is 0.338 e. The number of carbonyl (C=O) groups is 6. The van der Waals surface area contributed by atoms with Gasteiger partial charge in [-0.3, -0.25) is 4.79 Å². The first-order chi connectivity index (χ1) is 59.5. The Labute approximate surface area is 704 Å². The summed E-state index contributed by atoms with van der Waals surface area (Å²) in [5, 5.41) is 0. The molecular weight excluding hydrogens is 1550 g/mol. The number of hydrogen-bond acceptors (Lipinski definition) is 23. The molecule has 630 valence electrons. The van der Waals surface area contributed by atoms with Gasteiger partial charge in [0.05, 0.1) is 81.2 Å². The number of benzene rings is 10. The quantitative estimate of drug-likeness (QED) is 0.0196. The van der Waals surface area contributed by atoms with Crippen LogP contribution >= 0.6 is 0 Å². The van der Waals surface area contributed by atoms with Crippen molar-refractivity contribution in [3.05, 3.63) is 359 Å². The third-order valence-corrected chi connectivity index (χ3v) is 20.7. The molecule has 0 aliphatic carbocycles. The second-order valence-corrected chi connectivity index (χ2v) is 29.3. The van der Waals surface area contributed by atoms with Crippen LogP contribution in [0.1, 0.15) is 125 Å². The summed E-state index contributed by atoms with van der Waals surface area (Å²) in [5.74, 6) is -4.79. The Hall–Kier alpha value is -11.4. The molecule has 10 aromatic rings. The van der Waals surface area contributed by atoms with Crippen molar-refractivity contribution in [2.24, 2.45) is 0 Å². The van der Waals surface area contributed by atoms with E-state index in [0.717, 1.165) is 47.1 Å². The Morgan fingerprint density at radius 3 is 0.942 bits per heavy atom. The molecule has 3 heterocycles. The molecule has 0 N–H and O–H groups in total. The molecule has 23 nitrogen and oxygen atoms in total. The van der Waals surface area contributed by atoms with Crippen LogP contribution in [0.3, 0.4) is 0 Å². The lowest BCUT2D eigenvalue weighted by Gasteiger charge is -2.51. The highest BCUT2D eigenvalue weighted by Crippen LogP contribution is 2.40. The largest absolute Gasteiger partial charge is 0.469 e. The summed E-state index contributed by atoms with van der Waals surface area (Å²) >= 11 is 0. The molecule has 3 saturated heterocycles. The summed E-state index contributed by atoms with van der Waals surface area (Å²) < 4.78 is 117. The van der Waals surface area contributed by atoms with Crippen LogP contribution in [0.4, 0.5) is 0 Å². The molecule has 0 spiro atoms. The molecule has 0 saturated carbocycles. The first kappa shape index (κ1) is 87.4. The maximum absolute atomic E-state index is 15.7. The van der Waals surface area contributed by atoms with Crippen LogP contribution < -0.4 is 0 Å². The molecule has 23 heteroatoms. The van der Waals surface area contributed by atoms with E-state index in [9.17, 15) is 14.4 Å². The minimum absolute atomic E-state index is 0.00293. The normalized spacial score (nSPS) is 22.6. The molecular formula is C98H100O23. The van der Waals surface area contributed by atoms with E-state index in [0.29, 0.717) is 25.7 Å². The maximum atomic E-state index is 15.7. The van der Waals surface area contributed by atoms with E-state index >= 15 is 14.4 Å². The fraction of sp³-hybridized carbons (Fsp3) is 0.327. The predicted molar refractivity (Wildman–Crippen MR) is 443 cm³/mol. The van der Waals surface area contributed by atoms with Gasteiger partial charge >= 0.3 is 35.8 Å². The number of hydrogen-bond donors (Lipinski definition) is 0. The van der Waals surface area contributed by atoms with Crippen LogP contribution in [0.15, 0.2) is 303 Å². The van der Waals surface area contributed by atoms with Gasteiger partial charge in [0.25, 0.3) is 0 Å². The van der Waals surface area contributed by atoms with Gasteiger partial charge in [0.1, 0.15) is 55.4 Å². The highest BCUT2D eigenvalue weighted by atomic mass is 16.8. The van der Waals surface area contributed by atoms with Crippen molar-refractivity contribution in [1.29, 1.82) is 0 Å². The zero-order valence-electron chi connectivity index (χ0n) is 67.2. The Balaban J connectivity index is 0.960. The number of rotatable bonds is 42. The minimum Gasteiger partial charge on any atom is -0.469 e. The number of carbonyl (C=O) groups excluding carboxylic acids is 6. The fourth-order valence-corrected chi connectivity index (χ4v) is 14.4. The van der Waals surface area contributed by atoms with Gasteiger partial charge in [-0.15, -0.1) is 0 Å². The molecule has 13 rings (SSSR count). The summed E-state index contributed by atoms with van der Waals surface area (Å²) in [6.45, 7) is -0.931. The van der Waals surface area contributed by atoms with Gasteiger partial charge in [-0.05, 0) is 101 Å². The van der Waals surface area contributed by atoms with E-state index in [2.05, 4.69) is 0 Å². The average molecular weight is 1650 g/mol. The second kappa shape index (κ2) is 46.4. The van der Waals surface area contributed by atoms with E-state index in [4.69, 9.17) is 80.5 Å². The van der Waals surface area contributed by atoms with E-state index in [1.165, 1.54) is 31.4 Å². The van der Waals surface area contributed by atoms with E-state index in [1.54, 1.807) is 127 Å². The molecule has 0 amide bonds. The fourth-order valence-electron chi connectivity index (χ4n) is 14.4. The van der Waals surface area contributed by atoms with Gasteiger partial charge in [0.2, 0.25) is 0 Å². The van der Waals surface area contributed by atoms with Crippen molar-refractivity contribution in [1.82, 2.24) is 0 Å². The number of unbranched alkanes of at least 4 members (excludes halogenated alkanes) is 5. The first-order valence-electron chi connectivity index (χ1n) is 40.9. The van der Waals surface area contributed by atoms with Gasteiger partial charge in [-0.25, -0.2) is 24.0 Å². The predicted octanol–water partition coefficient (Wildman–Crippen LogP) is 15.8. The molecule has 10 aromatic carbocycles. The van der Waals surface area contributed by atoms with Crippen molar-refractivity contribution >= 4 is 35.8 Å². The molecule has 3 aliphatic heterocycles. The lowest BCUT2D eigenvalue weighted by molar-refractivity contribution is -0.383. The highest BCUT2D eigenvalue weighted by molar-refractivity contribution is 5.92. The minimum atomic E-state index is -2.02. The Morgan fingerprint density at radius 2 is 0.554 bits per heavy atom. The van der Waals surface area contributed by atoms with E-state index < -0.39 is 135 Å². The van der Waals surface area contributed by atoms with Gasteiger partial charge in [-0.1, -0.05) is 268 Å². The lowest BCUT2D eigenvalue weighted by atomic mass is 9.94. The van der Waals surface area contributed by atoms with Crippen molar-refractivity contribution in [3.8, 4) is 0 Å². The van der Waals surface area contributed by atoms with Gasteiger partial charge in [0.15, 0.2) is 43.3 Å². The van der Waals surface area contributed by atoms with Crippen molar-refractivity contribution in [3.63, 3.8) is 0 Å². The zero-order valence-corrected chi connectivity index (χ0v) is 67.2. The van der Waals surface area contributed by atoms with Crippen LogP contribution in [0.25, 0.3) is 0 Å². The highest BCUT2D eigenvalue weighted by Gasteiger charge is 2.60. The van der Waals surface area contributed by atoms with Crippen LogP contribution in [0.5, 0.6) is 0 Å². The Bertz CT molecular complexity index is 4740. The molecule has 0 radical (unpaired) electrons. The van der Waals surface area contributed by atoms with Crippen molar-refractivity contribution in [2.75, 3.05) is 33.5 Å². The lowest BCUT2D eigenvalue weighted by Crippen LogP contribution is -2.68. The Kier molecular flexibility index (Phi) is 33.5. The summed E-state index contributed by atoms with van der Waals surface area (Å²) in [6.07, 6.45) is -19.1. The van der Waals surface area contributed by atoms with Crippen LogP contribution in [-0.4, -0.2) is 161 Å². The summed E-state index contributed by atoms with van der Waals surface area (Å²) in [5.41, 5.74) is 4.50. The van der Waals surface area contributed by atoms with Crippen LogP contribution in [0, 0.1) is 0 Å².